The number of aliphatic carboxylic acids is 1. The molecule has 1 saturated heterocycles. The maximum Gasteiger partial charge on any atom is 0.352 e. The number of nitrogen functional groups attached to an aromatic ring is 1. The molecule has 0 spiro atoms. The normalized spacial score (nSPS) is 23.5. The number of aromatic nitrogens is 4. The van der Waals surface area contributed by atoms with Crippen molar-refractivity contribution in [3.8, 4) is 0 Å². The molecule has 5 rings (SSSR count). The summed E-state index contributed by atoms with van der Waals surface area (Å²) in [6, 6.07) is -0.942. The number of nitrogens with one attached hydrogen (secondary N) is 1. The van der Waals surface area contributed by atoms with E-state index in [1.54, 1.807) is 5.51 Å². The van der Waals surface area contributed by atoms with Gasteiger partial charge in [0.2, 0.25) is 11.5 Å². The number of allylic oxidation sites excluding steroid dienone is 1. The number of carbonyl (C=O) groups is 3. The molecule has 13 nitrogen and oxygen atoms in total. The molecule has 3 aliphatic rings. The van der Waals surface area contributed by atoms with Gasteiger partial charge in [-0.2, -0.15) is 9.36 Å². The summed E-state index contributed by atoms with van der Waals surface area (Å²) in [5, 5.41) is 23.8. The number of nitrogens with two attached hydrogens (primary N) is 1. The first kappa shape index (κ1) is 25.6. The van der Waals surface area contributed by atoms with Crippen molar-refractivity contribution in [2.75, 3.05) is 17.2 Å². The minimum Gasteiger partial charge on any atom is -0.477 e. The number of carboxylic acid groups (broad SMARTS) is 1. The van der Waals surface area contributed by atoms with Crippen LogP contribution in [-0.4, -0.2) is 82.1 Å². The Morgan fingerprint density at radius 1 is 1.38 bits per heavy atom. The van der Waals surface area contributed by atoms with Gasteiger partial charge in [-0.15, -0.1) is 22.0 Å². The summed E-state index contributed by atoms with van der Waals surface area (Å²) in [5.74, 6) is -1.69. The van der Waals surface area contributed by atoms with Crippen molar-refractivity contribution in [1.82, 2.24) is 29.8 Å². The second-order valence-corrected chi connectivity index (χ2v) is 12.0. The standard InChI is InChI=1S/C20H20N8O5S4/c21-19-24-14(27-37-19)11(26-33-10-4-2-1-3-5-10)15(29)23-12-16(30)28-13(18(31)32)9(6-34-17(12)28)7-35-20-25-22-8-36-20/h1-2,8,10,12,17H,3-7H2,(H,23,29)(H,31,32)(H2,21,24,27)/t10?,12?,17-/m1/s1. The van der Waals surface area contributed by atoms with Crippen molar-refractivity contribution in [2.45, 2.75) is 41.1 Å². The van der Waals surface area contributed by atoms with Crippen LogP contribution >= 0.6 is 46.4 Å². The zero-order valence-electron chi connectivity index (χ0n) is 19.0. The number of rotatable bonds is 9. The molecular formula is C20H20N8O5S4. The zero-order chi connectivity index (χ0) is 25.9. The van der Waals surface area contributed by atoms with Crippen LogP contribution in [0.4, 0.5) is 5.13 Å². The molecule has 0 bridgehead atoms. The number of hydrogen-bond donors (Lipinski definition) is 3. The average Bonchev–Trinajstić information content (AvgIpc) is 3.58. The predicted octanol–water partition coefficient (Wildman–Crippen LogP) is 1.33. The zero-order valence-corrected chi connectivity index (χ0v) is 22.2. The monoisotopic (exact) mass is 580 g/mol. The first-order chi connectivity index (χ1) is 17.9. The molecule has 4 heterocycles. The molecule has 2 amide bonds. The van der Waals surface area contributed by atoms with Crippen molar-refractivity contribution in [2.24, 2.45) is 5.16 Å². The van der Waals surface area contributed by atoms with E-state index in [9.17, 15) is 19.5 Å². The predicted molar refractivity (Wildman–Crippen MR) is 139 cm³/mol. The van der Waals surface area contributed by atoms with E-state index < -0.39 is 29.2 Å². The van der Waals surface area contributed by atoms with Gasteiger partial charge in [0.1, 0.15) is 28.7 Å². The number of β-lactam (4-membered cyclic amide) rings is 1. The van der Waals surface area contributed by atoms with E-state index in [2.05, 4.69) is 36.1 Å². The molecule has 4 N–H and O–H groups in total. The maximum atomic E-state index is 13.2. The third-order valence-electron chi connectivity index (χ3n) is 5.63. The molecule has 0 radical (unpaired) electrons. The molecule has 3 atom stereocenters. The van der Waals surface area contributed by atoms with Crippen LogP contribution in [0.5, 0.6) is 0 Å². The van der Waals surface area contributed by atoms with Gasteiger partial charge in [-0.25, -0.2) is 4.79 Å². The van der Waals surface area contributed by atoms with Gasteiger partial charge >= 0.3 is 5.97 Å². The summed E-state index contributed by atoms with van der Waals surface area (Å²) in [6.45, 7) is 0. The second kappa shape index (κ2) is 11.2. The topological polar surface area (TPSA) is 186 Å². The van der Waals surface area contributed by atoms with E-state index in [0.29, 0.717) is 27.8 Å². The fourth-order valence-corrected chi connectivity index (χ4v) is 7.29. The minimum atomic E-state index is -1.20. The minimum absolute atomic E-state index is 0.00612. The Kier molecular flexibility index (Phi) is 7.73. The highest BCUT2D eigenvalue weighted by Crippen LogP contribution is 2.41. The lowest BCUT2D eigenvalue weighted by Crippen LogP contribution is -2.71. The number of fused-ring (bicyclic) bond motifs is 1. The average molecular weight is 581 g/mol. The maximum absolute atomic E-state index is 13.2. The van der Waals surface area contributed by atoms with Crippen molar-refractivity contribution < 1.29 is 24.3 Å². The first-order valence-electron chi connectivity index (χ1n) is 11.0. The second-order valence-electron chi connectivity index (χ2n) is 8.02. The number of hydrogen-bond acceptors (Lipinski definition) is 14. The summed E-state index contributed by atoms with van der Waals surface area (Å²) in [7, 11) is 0. The Hall–Kier alpha value is -3.02. The molecule has 0 aromatic carbocycles. The Labute approximate surface area is 226 Å². The largest absolute Gasteiger partial charge is 0.477 e. The highest BCUT2D eigenvalue weighted by atomic mass is 32.2. The van der Waals surface area contributed by atoms with Gasteiger partial charge in [0.25, 0.3) is 11.8 Å². The Bertz CT molecular complexity index is 1290. The van der Waals surface area contributed by atoms with Gasteiger partial charge < -0.3 is 21.0 Å². The molecule has 17 heteroatoms. The number of thioether (sulfide) groups is 2. The number of carboxylic acids is 1. The Morgan fingerprint density at radius 2 is 2.24 bits per heavy atom. The van der Waals surface area contributed by atoms with Crippen LogP contribution < -0.4 is 11.1 Å². The highest BCUT2D eigenvalue weighted by molar-refractivity contribution is 8.01. The van der Waals surface area contributed by atoms with Crippen molar-refractivity contribution in [3.05, 3.63) is 34.8 Å². The summed E-state index contributed by atoms with van der Waals surface area (Å²) < 4.78 is 4.77. The van der Waals surface area contributed by atoms with E-state index in [-0.39, 0.29) is 28.5 Å². The van der Waals surface area contributed by atoms with Crippen molar-refractivity contribution in [3.63, 3.8) is 0 Å². The number of amides is 2. The molecule has 0 saturated carbocycles. The number of anilines is 1. The molecule has 194 valence electrons. The van der Waals surface area contributed by atoms with Crippen LogP contribution in [0.1, 0.15) is 25.1 Å². The number of carbonyl (C=O) groups excluding carboxylic acids is 2. The smallest absolute Gasteiger partial charge is 0.352 e. The number of nitrogens with zero attached hydrogens (tertiary/aromatic N) is 6. The Morgan fingerprint density at radius 3 is 2.92 bits per heavy atom. The third-order valence-corrected chi connectivity index (χ3v) is 9.46. The van der Waals surface area contributed by atoms with Gasteiger partial charge in [-0.05, 0) is 18.4 Å². The fraction of sp³-hybridized carbons (Fsp3) is 0.400. The lowest BCUT2D eigenvalue weighted by molar-refractivity contribution is -0.150. The molecule has 2 aromatic heterocycles. The summed E-state index contributed by atoms with van der Waals surface area (Å²) in [6.07, 6.45) is 6.09. The lowest BCUT2D eigenvalue weighted by Gasteiger charge is -2.49. The summed E-state index contributed by atoms with van der Waals surface area (Å²) in [4.78, 5) is 49.1. The molecule has 1 aliphatic carbocycles. The van der Waals surface area contributed by atoms with Crippen molar-refractivity contribution >= 4 is 75.0 Å². The quantitative estimate of drug-likeness (QED) is 0.127. The van der Waals surface area contributed by atoms with Gasteiger partial charge in [-0.3, -0.25) is 14.5 Å². The van der Waals surface area contributed by atoms with E-state index in [0.717, 1.165) is 24.4 Å². The third kappa shape index (κ3) is 5.48. The molecule has 37 heavy (non-hydrogen) atoms. The molecular weight excluding hydrogens is 561 g/mol. The van der Waals surface area contributed by atoms with Crippen LogP contribution in [0.2, 0.25) is 0 Å². The van der Waals surface area contributed by atoms with E-state index in [1.807, 2.05) is 6.08 Å². The van der Waals surface area contributed by atoms with E-state index in [4.69, 9.17) is 10.6 Å². The van der Waals surface area contributed by atoms with Crippen LogP contribution in [0.3, 0.4) is 0 Å². The number of oxime groups is 1. The summed E-state index contributed by atoms with van der Waals surface area (Å²) >= 11 is 5.00. The highest BCUT2D eigenvalue weighted by Gasteiger charge is 2.54. The van der Waals surface area contributed by atoms with Gasteiger partial charge in [0.05, 0.1) is 0 Å². The fourth-order valence-electron chi connectivity index (χ4n) is 3.88. The van der Waals surface area contributed by atoms with E-state index >= 15 is 0 Å². The lowest BCUT2D eigenvalue weighted by atomic mass is 10.0. The van der Waals surface area contributed by atoms with Crippen LogP contribution in [0.15, 0.2) is 38.4 Å². The molecule has 2 aliphatic heterocycles. The van der Waals surface area contributed by atoms with E-state index in [1.165, 1.54) is 39.8 Å². The molecule has 2 aromatic rings. The first-order valence-corrected chi connectivity index (χ1v) is 14.7. The van der Waals surface area contributed by atoms with Gasteiger partial charge in [0, 0.05) is 29.5 Å². The van der Waals surface area contributed by atoms with Gasteiger partial charge in [0.15, 0.2) is 9.47 Å². The van der Waals surface area contributed by atoms with Crippen LogP contribution in [-0.2, 0) is 19.2 Å². The SMILES string of the molecule is Nc1nc(C(=NOC2CC=CCC2)C(=O)NC2C(=O)N3C(C(=O)O)=C(CSc4nncs4)CS[C@H]23)ns1. The molecule has 2 unspecified atom stereocenters. The summed E-state index contributed by atoms with van der Waals surface area (Å²) in [5.41, 5.74) is 7.63. The molecule has 1 fully saturated rings. The van der Waals surface area contributed by atoms with Gasteiger partial charge in [-0.1, -0.05) is 40.4 Å². The van der Waals surface area contributed by atoms with Crippen LogP contribution in [0, 0.1) is 0 Å². The van der Waals surface area contributed by atoms with Crippen molar-refractivity contribution in [1.29, 1.82) is 0 Å². The Balaban J connectivity index is 1.30. The van der Waals surface area contributed by atoms with Crippen LogP contribution in [0.25, 0.3) is 0 Å².